The van der Waals surface area contributed by atoms with Gasteiger partial charge in [0, 0.05) is 30.5 Å². The van der Waals surface area contributed by atoms with Gasteiger partial charge < -0.3 is 14.4 Å². The maximum Gasteiger partial charge on any atom is 0.317 e. The Balaban J connectivity index is 1.65. The normalized spacial score (nSPS) is 31.0. The third kappa shape index (κ3) is 2.35. The Morgan fingerprint density at radius 3 is 2.53 bits per heavy atom. The summed E-state index contributed by atoms with van der Waals surface area (Å²) in [5.41, 5.74) is 1.03. The summed E-state index contributed by atoms with van der Waals surface area (Å²) in [5.74, 6) is 0.439. The van der Waals surface area contributed by atoms with E-state index in [0.29, 0.717) is 19.4 Å². The molecule has 0 aliphatic carbocycles. The van der Waals surface area contributed by atoms with Crippen LogP contribution in [0.1, 0.15) is 36.5 Å². The van der Waals surface area contributed by atoms with Gasteiger partial charge in [-0.05, 0) is 17.7 Å². The van der Waals surface area contributed by atoms with Crippen LogP contribution in [-0.2, 0) is 36.1 Å². The summed E-state index contributed by atoms with van der Waals surface area (Å²) in [6, 6.07) is 18.1. The Bertz CT molecular complexity index is 1010. The quantitative estimate of drug-likeness (QED) is 0.662. The minimum Gasteiger partial charge on any atom is -0.468 e. The number of hydrogen-bond donors (Lipinski definition) is 0. The van der Waals surface area contributed by atoms with Gasteiger partial charge in [-0.15, -0.1) is 11.8 Å². The summed E-state index contributed by atoms with van der Waals surface area (Å²) in [7, 11) is 1.40. The van der Waals surface area contributed by atoms with Crippen molar-refractivity contribution >= 4 is 23.6 Å². The Hall–Kier alpha value is -2.31. The van der Waals surface area contributed by atoms with Gasteiger partial charge in [-0.25, -0.2) is 0 Å². The van der Waals surface area contributed by atoms with E-state index in [9.17, 15) is 9.59 Å². The summed E-state index contributed by atoms with van der Waals surface area (Å²) >= 11 is 1.70. The molecule has 5 rings (SSSR count). The van der Waals surface area contributed by atoms with Gasteiger partial charge in [0.1, 0.15) is 10.3 Å². The third-order valence-electron chi connectivity index (χ3n) is 6.75. The Morgan fingerprint density at radius 2 is 1.83 bits per heavy atom. The number of methoxy groups -OCH3 is 1. The molecule has 0 radical (unpaired) electrons. The average molecular weight is 424 g/mol. The van der Waals surface area contributed by atoms with Crippen molar-refractivity contribution in [2.24, 2.45) is 5.41 Å². The zero-order valence-electron chi connectivity index (χ0n) is 17.2. The molecule has 3 heterocycles. The van der Waals surface area contributed by atoms with E-state index >= 15 is 0 Å². The highest BCUT2D eigenvalue weighted by Gasteiger charge is 2.81. The first-order valence-corrected chi connectivity index (χ1v) is 11.4. The number of carbonyl (C=O) groups is 2. The number of hydrogen-bond acceptors (Lipinski definition) is 5. The van der Waals surface area contributed by atoms with Crippen molar-refractivity contribution in [3.63, 3.8) is 0 Å². The first-order valence-electron chi connectivity index (χ1n) is 10.4. The van der Waals surface area contributed by atoms with Crippen molar-refractivity contribution < 1.29 is 19.1 Å². The molecule has 156 valence electrons. The number of amides is 1. The van der Waals surface area contributed by atoms with Crippen LogP contribution >= 0.6 is 11.8 Å². The van der Waals surface area contributed by atoms with E-state index in [1.165, 1.54) is 7.11 Å². The molecule has 2 bridgehead atoms. The van der Waals surface area contributed by atoms with E-state index in [1.54, 1.807) is 16.7 Å². The number of fused-ring (bicyclic) bond motifs is 3. The second kappa shape index (κ2) is 6.86. The highest BCUT2D eigenvalue weighted by atomic mass is 32.2. The lowest BCUT2D eigenvalue weighted by atomic mass is 9.67. The molecular weight excluding hydrogens is 398 g/mol. The molecule has 5 nitrogen and oxygen atoms in total. The van der Waals surface area contributed by atoms with Crippen molar-refractivity contribution in [3.05, 3.63) is 71.3 Å². The molecule has 3 aliphatic rings. The average Bonchev–Trinajstić information content (AvgIpc) is 3.30. The van der Waals surface area contributed by atoms with Crippen LogP contribution in [0.2, 0.25) is 0 Å². The Morgan fingerprint density at radius 1 is 1.13 bits per heavy atom. The topological polar surface area (TPSA) is 55.8 Å². The van der Waals surface area contributed by atoms with Crippen molar-refractivity contribution in [2.75, 3.05) is 19.4 Å². The maximum atomic E-state index is 13.3. The van der Waals surface area contributed by atoms with Crippen molar-refractivity contribution in [3.8, 4) is 0 Å². The fourth-order valence-corrected chi connectivity index (χ4v) is 7.00. The van der Waals surface area contributed by atoms with Crippen LogP contribution in [0.3, 0.4) is 0 Å². The van der Waals surface area contributed by atoms with Gasteiger partial charge in [-0.1, -0.05) is 61.5 Å². The number of rotatable bonds is 6. The number of thioether (sulfide) groups is 1. The van der Waals surface area contributed by atoms with E-state index < -0.39 is 16.1 Å². The van der Waals surface area contributed by atoms with Crippen LogP contribution in [0.25, 0.3) is 0 Å². The SMILES string of the molecule is CCS[C@@]12CC3(C(=O)OC)CC(=O)N(CCc4ccccc4)[C@]3(O1)c1ccccc12. The lowest BCUT2D eigenvalue weighted by Crippen LogP contribution is -2.53. The van der Waals surface area contributed by atoms with E-state index in [2.05, 4.69) is 25.1 Å². The minimum absolute atomic E-state index is 0.0527. The van der Waals surface area contributed by atoms with E-state index in [0.717, 1.165) is 22.4 Å². The number of ether oxygens (including phenoxy) is 2. The summed E-state index contributed by atoms with van der Waals surface area (Å²) in [4.78, 5) is 27.7. The Labute approximate surface area is 180 Å². The zero-order chi connectivity index (χ0) is 21.0. The fraction of sp³-hybridized carbons (Fsp3) is 0.417. The molecule has 1 unspecified atom stereocenters. The molecule has 0 N–H and O–H groups in total. The van der Waals surface area contributed by atoms with Crippen molar-refractivity contribution in [1.29, 1.82) is 0 Å². The van der Waals surface area contributed by atoms with Crippen molar-refractivity contribution in [1.82, 2.24) is 4.90 Å². The number of nitrogens with zero attached hydrogens (tertiary/aromatic N) is 1. The number of benzene rings is 2. The molecule has 2 aromatic carbocycles. The summed E-state index contributed by atoms with van der Waals surface area (Å²) in [6.45, 7) is 2.58. The van der Waals surface area contributed by atoms with Crippen LogP contribution in [0, 0.1) is 5.41 Å². The lowest BCUT2D eigenvalue weighted by molar-refractivity contribution is -0.188. The molecule has 2 aromatic rings. The molecule has 3 atom stereocenters. The molecule has 3 aliphatic heterocycles. The Kier molecular flexibility index (Phi) is 4.49. The van der Waals surface area contributed by atoms with Crippen molar-refractivity contribution in [2.45, 2.75) is 36.8 Å². The van der Waals surface area contributed by atoms with E-state index in [-0.39, 0.29) is 18.3 Å². The summed E-state index contributed by atoms with van der Waals surface area (Å²) in [6.07, 6.45) is 1.27. The minimum atomic E-state index is -1.11. The molecular formula is C24H25NO4S. The predicted octanol–water partition coefficient (Wildman–Crippen LogP) is 3.81. The number of likely N-dealkylation sites (tertiary alicyclic amines) is 1. The molecule has 2 fully saturated rings. The number of esters is 1. The highest BCUT2D eigenvalue weighted by molar-refractivity contribution is 8.00. The van der Waals surface area contributed by atoms with Gasteiger partial charge in [-0.2, -0.15) is 0 Å². The van der Waals surface area contributed by atoms with Crippen LogP contribution in [0.4, 0.5) is 0 Å². The van der Waals surface area contributed by atoms with Gasteiger partial charge in [0.15, 0.2) is 5.72 Å². The lowest BCUT2D eigenvalue weighted by Gasteiger charge is -2.41. The van der Waals surface area contributed by atoms with E-state index in [4.69, 9.17) is 9.47 Å². The molecule has 0 saturated carbocycles. The van der Waals surface area contributed by atoms with Gasteiger partial charge in [0.05, 0.1) is 7.11 Å². The second-order valence-corrected chi connectivity index (χ2v) is 9.71. The first-order chi connectivity index (χ1) is 14.5. The molecule has 30 heavy (non-hydrogen) atoms. The molecule has 2 saturated heterocycles. The van der Waals surface area contributed by atoms with Gasteiger partial charge in [-0.3, -0.25) is 9.59 Å². The monoisotopic (exact) mass is 423 g/mol. The van der Waals surface area contributed by atoms with Crippen LogP contribution < -0.4 is 0 Å². The van der Waals surface area contributed by atoms with Gasteiger partial charge in [0.25, 0.3) is 0 Å². The van der Waals surface area contributed by atoms with E-state index in [1.807, 2.05) is 36.4 Å². The standard InChI is InChI=1S/C24H25NO4S/c1-3-30-23-16-22(21(27)28-2)15-20(26)25(14-13-17-9-5-4-6-10-17)24(22,29-23)19-12-8-7-11-18(19)23/h4-12H,3,13-16H2,1-2H3/t22?,23-,24+/m1/s1. The molecule has 6 heteroatoms. The zero-order valence-corrected chi connectivity index (χ0v) is 18.0. The summed E-state index contributed by atoms with van der Waals surface area (Å²) in [5, 5.41) is 0. The third-order valence-corrected chi connectivity index (χ3v) is 7.96. The highest BCUT2D eigenvalue weighted by Crippen LogP contribution is 2.74. The molecule has 1 amide bonds. The smallest absolute Gasteiger partial charge is 0.317 e. The van der Waals surface area contributed by atoms with Crippen LogP contribution in [-0.4, -0.2) is 36.2 Å². The predicted molar refractivity (Wildman–Crippen MR) is 115 cm³/mol. The summed E-state index contributed by atoms with van der Waals surface area (Å²) < 4.78 is 12.1. The van der Waals surface area contributed by atoms with Crippen LogP contribution in [0.15, 0.2) is 54.6 Å². The van der Waals surface area contributed by atoms with Gasteiger partial charge >= 0.3 is 5.97 Å². The molecule has 1 spiro atoms. The van der Waals surface area contributed by atoms with Gasteiger partial charge in [0.2, 0.25) is 5.91 Å². The fourth-order valence-electron chi connectivity index (χ4n) is 5.67. The van der Waals surface area contributed by atoms with Crippen LogP contribution in [0.5, 0.6) is 0 Å². The second-order valence-electron chi connectivity index (χ2n) is 8.19. The molecule has 0 aromatic heterocycles. The number of carbonyl (C=O) groups excluding carboxylic acids is 2. The first kappa shape index (κ1) is 19.6. The largest absolute Gasteiger partial charge is 0.468 e. The maximum absolute atomic E-state index is 13.3.